The molecule has 19 heavy (non-hydrogen) atoms. The molecule has 0 atom stereocenters. The molecule has 0 saturated heterocycles. The van der Waals surface area contributed by atoms with E-state index in [4.69, 9.17) is 23.2 Å². The SMILES string of the molecule is CC(=O)/C(=C\c1cc(Cl)cc(Cl)c1)C(=O)C(F)(F)F. The first-order valence-corrected chi connectivity index (χ1v) is 5.67. The Morgan fingerprint density at radius 3 is 1.95 bits per heavy atom. The highest BCUT2D eigenvalue weighted by molar-refractivity contribution is 6.35. The van der Waals surface area contributed by atoms with E-state index in [9.17, 15) is 22.8 Å². The van der Waals surface area contributed by atoms with Gasteiger partial charge in [-0.1, -0.05) is 23.2 Å². The number of halogens is 5. The second-order valence-electron chi connectivity index (χ2n) is 3.64. The van der Waals surface area contributed by atoms with Crippen molar-refractivity contribution >= 4 is 40.8 Å². The summed E-state index contributed by atoms with van der Waals surface area (Å²) in [5, 5.41) is 0.363. The molecule has 0 aliphatic carbocycles. The number of ketones is 2. The third kappa shape index (κ3) is 4.36. The summed E-state index contributed by atoms with van der Waals surface area (Å²) in [6.45, 7) is 0.877. The summed E-state index contributed by atoms with van der Waals surface area (Å²) >= 11 is 11.4. The fourth-order valence-electron chi connectivity index (χ4n) is 1.30. The van der Waals surface area contributed by atoms with Crippen LogP contribution in [0.1, 0.15) is 12.5 Å². The van der Waals surface area contributed by atoms with Gasteiger partial charge in [0.15, 0.2) is 5.78 Å². The summed E-state index contributed by atoms with van der Waals surface area (Å²) < 4.78 is 37.0. The van der Waals surface area contributed by atoms with Crippen LogP contribution < -0.4 is 0 Å². The predicted octanol–water partition coefficient (Wildman–Crippen LogP) is 4.10. The summed E-state index contributed by atoms with van der Waals surface area (Å²) in [7, 11) is 0. The molecule has 1 aromatic carbocycles. The number of hydrogen-bond acceptors (Lipinski definition) is 2. The number of alkyl halides is 3. The van der Waals surface area contributed by atoms with Gasteiger partial charge in [-0.3, -0.25) is 9.59 Å². The third-order valence-corrected chi connectivity index (χ3v) is 2.51. The van der Waals surface area contributed by atoms with E-state index in [1.54, 1.807) is 0 Å². The van der Waals surface area contributed by atoms with Crippen molar-refractivity contribution in [2.45, 2.75) is 13.1 Å². The molecular formula is C12H7Cl2F3O2. The third-order valence-electron chi connectivity index (χ3n) is 2.08. The maximum atomic E-state index is 12.3. The van der Waals surface area contributed by atoms with Crippen LogP contribution in [0.25, 0.3) is 6.08 Å². The van der Waals surface area contributed by atoms with Crippen molar-refractivity contribution in [2.75, 3.05) is 0 Å². The summed E-state index contributed by atoms with van der Waals surface area (Å²) in [4.78, 5) is 22.3. The highest BCUT2D eigenvalue weighted by atomic mass is 35.5. The molecule has 0 aliphatic rings. The van der Waals surface area contributed by atoms with Crippen molar-refractivity contribution < 1.29 is 22.8 Å². The summed E-state index contributed by atoms with van der Waals surface area (Å²) in [6, 6.07) is 3.96. The zero-order valence-electron chi connectivity index (χ0n) is 9.52. The van der Waals surface area contributed by atoms with Crippen molar-refractivity contribution in [1.82, 2.24) is 0 Å². The summed E-state index contributed by atoms with van der Waals surface area (Å²) in [5.74, 6) is -3.19. The van der Waals surface area contributed by atoms with Crippen molar-refractivity contribution in [1.29, 1.82) is 0 Å². The van der Waals surface area contributed by atoms with Gasteiger partial charge in [-0.2, -0.15) is 13.2 Å². The smallest absolute Gasteiger partial charge is 0.294 e. The molecule has 0 amide bonds. The van der Waals surface area contributed by atoms with Crippen LogP contribution in [0.4, 0.5) is 13.2 Å². The Kier molecular flexibility index (Phi) is 4.76. The maximum absolute atomic E-state index is 12.3. The summed E-state index contributed by atoms with van der Waals surface area (Å²) in [6.07, 6.45) is -4.30. The topological polar surface area (TPSA) is 34.1 Å². The Labute approximate surface area is 116 Å². The Bertz CT molecular complexity index is 542. The highest BCUT2D eigenvalue weighted by Crippen LogP contribution is 2.25. The average Bonchev–Trinajstić information content (AvgIpc) is 2.21. The van der Waals surface area contributed by atoms with E-state index in [2.05, 4.69) is 0 Å². The molecule has 0 radical (unpaired) electrons. The van der Waals surface area contributed by atoms with E-state index in [1.165, 1.54) is 18.2 Å². The Balaban J connectivity index is 3.30. The minimum atomic E-state index is -5.11. The number of Topliss-reactive ketones (excluding diaryl/α,β-unsaturated/α-hetero) is 2. The molecule has 0 aromatic heterocycles. The number of carbonyl (C=O) groups is 2. The molecule has 0 aliphatic heterocycles. The van der Waals surface area contributed by atoms with Gasteiger partial charge in [0, 0.05) is 10.0 Å². The minimum absolute atomic E-state index is 0.139. The van der Waals surface area contributed by atoms with Crippen LogP contribution in [0.3, 0.4) is 0 Å². The second-order valence-corrected chi connectivity index (χ2v) is 4.52. The molecule has 2 nitrogen and oxygen atoms in total. The molecule has 0 saturated carbocycles. The van der Waals surface area contributed by atoms with Crippen molar-refractivity contribution in [3.05, 3.63) is 39.4 Å². The van der Waals surface area contributed by atoms with E-state index < -0.39 is 23.3 Å². The first-order chi connectivity index (χ1) is 8.61. The average molecular weight is 311 g/mol. The van der Waals surface area contributed by atoms with Crippen molar-refractivity contribution in [3.8, 4) is 0 Å². The van der Waals surface area contributed by atoms with E-state index in [0.29, 0.717) is 0 Å². The van der Waals surface area contributed by atoms with Gasteiger partial charge in [-0.25, -0.2) is 0 Å². The monoisotopic (exact) mass is 310 g/mol. The molecule has 0 heterocycles. The van der Waals surface area contributed by atoms with Crippen molar-refractivity contribution in [3.63, 3.8) is 0 Å². The first-order valence-electron chi connectivity index (χ1n) is 4.91. The van der Waals surface area contributed by atoms with E-state index in [1.807, 2.05) is 0 Å². The molecular weight excluding hydrogens is 304 g/mol. The van der Waals surface area contributed by atoms with Crippen LogP contribution in [0.2, 0.25) is 10.0 Å². The largest absolute Gasteiger partial charge is 0.455 e. The van der Waals surface area contributed by atoms with Gasteiger partial charge in [-0.05, 0) is 36.8 Å². The molecule has 0 spiro atoms. The first kappa shape index (κ1) is 15.7. The number of allylic oxidation sites excluding steroid dienone is 1. The zero-order valence-corrected chi connectivity index (χ0v) is 11.0. The minimum Gasteiger partial charge on any atom is -0.294 e. The van der Waals surface area contributed by atoms with Crippen LogP contribution in [-0.2, 0) is 9.59 Å². The Hall–Kier alpha value is -1.33. The quantitative estimate of drug-likeness (QED) is 0.478. The van der Waals surface area contributed by atoms with Crippen molar-refractivity contribution in [2.24, 2.45) is 0 Å². The second kappa shape index (κ2) is 5.75. The standard InChI is InChI=1S/C12H7Cl2F3O2/c1-6(18)10(11(19)12(15,16)17)4-7-2-8(13)5-9(14)3-7/h2-5H,1H3/b10-4+. The van der Waals surface area contributed by atoms with Crippen LogP contribution in [0, 0.1) is 0 Å². The van der Waals surface area contributed by atoms with Gasteiger partial charge < -0.3 is 0 Å². The Morgan fingerprint density at radius 1 is 1.11 bits per heavy atom. The van der Waals surface area contributed by atoms with E-state index in [0.717, 1.165) is 13.0 Å². The molecule has 1 aromatic rings. The van der Waals surface area contributed by atoms with Crippen LogP contribution in [0.15, 0.2) is 23.8 Å². The van der Waals surface area contributed by atoms with Gasteiger partial charge in [-0.15, -0.1) is 0 Å². The van der Waals surface area contributed by atoms with Gasteiger partial charge >= 0.3 is 6.18 Å². The lowest BCUT2D eigenvalue weighted by atomic mass is 10.0. The van der Waals surface area contributed by atoms with Gasteiger partial charge in [0.1, 0.15) is 0 Å². The lowest BCUT2D eigenvalue weighted by Crippen LogP contribution is -2.27. The van der Waals surface area contributed by atoms with Gasteiger partial charge in [0.05, 0.1) is 5.57 Å². The highest BCUT2D eigenvalue weighted by Gasteiger charge is 2.41. The fourth-order valence-corrected chi connectivity index (χ4v) is 1.85. The lowest BCUT2D eigenvalue weighted by Gasteiger charge is -2.07. The molecule has 0 N–H and O–H groups in total. The van der Waals surface area contributed by atoms with Crippen LogP contribution >= 0.6 is 23.2 Å². The number of carbonyl (C=O) groups excluding carboxylic acids is 2. The van der Waals surface area contributed by atoms with Gasteiger partial charge in [0.25, 0.3) is 5.78 Å². The maximum Gasteiger partial charge on any atom is 0.455 e. The zero-order chi connectivity index (χ0) is 14.8. The van der Waals surface area contributed by atoms with E-state index >= 15 is 0 Å². The molecule has 0 fully saturated rings. The Morgan fingerprint density at radius 2 is 1.58 bits per heavy atom. The van der Waals surface area contributed by atoms with Gasteiger partial charge in [0.2, 0.25) is 0 Å². The number of benzene rings is 1. The summed E-state index contributed by atoms with van der Waals surface area (Å²) in [5.41, 5.74) is -0.828. The normalized spacial score (nSPS) is 12.4. The molecule has 0 unspecified atom stereocenters. The number of rotatable bonds is 3. The molecule has 7 heteroatoms. The number of hydrogen-bond donors (Lipinski definition) is 0. The lowest BCUT2D eigenvalue weighted by molar-refractivity contribution is -0.166. The fraction of sp³-hybridized carbons (Fsp3) is 0.167. The van der Waals surface area contributed by atoms with Crippen LogP contribution in [0.5, 0.6) is 0 Å². The molecule has 1 rings (SSSR count). The predicted molar refractivity (Wildman–Crippen MR) is 66.2 cm³/mol. The molecule has 0 bridgehead atoms. The van der Waals surface area contributed by atoms with Crippen LogP contribution in [-0.4, -0.2) is 17.7 Å². The van der Waals surface area contributed by atoms with E-state index in [-0.39, 0.29) is 15.6 Å². The molecule has 102 valence electrons.